The maximum atomic E-state index is 13.8. The summed E-state index contributed by atoms with van der Waals surface area (Å²) in [5.74, 6) is -3.80. The molecule has 0 fully saturated rings. The van der Waals surface area contributed by atoms with Gasteiger partial charge < -0.3 is 10.5 Å². The van der Waals surface area contributed by atoms with Gasteiger partial charge in [-0.3, -0.25) is 4.98 Å². The van der Waals surface area contributed by atoms with E-state index in [1.165, 1.54) is 12.3 Å². The number of nitrogens with zero attached hydrogens (tertiary/aromatic N) is 2. The van der Waals surface area contributed by atoms with E-state index in [0.29, 0.717) is 0 Å². The highest BCUT2D eigenvalue weighted by atomic mass is 19.2. The lowest BCUT2D eigenvalue weighted by molar-refractivity contribution is -0.129. The number of ether oxygens (including phenoxy) is 1. The molecule has 0 unspecified atom stereocenters. The van der Waals surface area contributed by atoms with Crippen LogP contribution < -0.4 is 10.5 Å². The number of esters is 1. The van der Waals surface area contributed by atoms with E-state index < -0.39 is 23.2 Å². The largest absolute Gasteiger partial charge is 0.422 e. The van der Waals surface area contributed by atoms with Crippen molar-refractivity contribution < 1.29 is 18.3 Å². The van der Waals surface area contributed by atoms with Crippen molar-refractivity contribution in [2.75, 3.05) is 5.73 Å². The van der Waals surface area contributed by atoms with Gasteiger partial charge in [-0.05, 0) is 0 Å². The first-order valence-electron chi connectivity index (χ1n) is 5.29. The van der Waals surface area contributed by atoms with Gasteiger partial charge in [-0.2, -0.15) is 5.26 Å². The van der Waals surface area contributed by atoms with Gasteiger partial charge in [0, 0.05) is 18.3 Å². The van der Waals surface area contributed by atoms with Crippen molar-refractivity contribution in [2.24, 2.45) is 0 Å². The average molecular weight is 275 g/mol. The molecule has 0 aliphatic carbocycles. The van der Waals surface area contributed by atoms with Crippen molar-refractivity contribution in [2.45, 2.75) is 0 Å². The van der Waals surface area contributed by atoms with Gasteiger partial charge in [-0.25, -0.2) is 13.6 Å². The molecule has 0 bridgehead atoms. The van der Waals surface area contributed by atoms with Gasteiger partial charge >= 0.3 is 5.97 Å². The fraction of sp³-hybridized carbons (Fsp3) is 0. The molecule has 1 heterocycles. The third kappa shape index (κ3) is 2.14. The molecule has 0 radical (unpaired) electrons. The van der Waals surface area contributed by atoms with Crippen LogP contribution in [0, 0.1) is 23.0 Å². The lowest BCUT2D eigenvalue weighted by Gasteiger charge is -2.09. The summed E-state index contributed by atoms with van der Waals surface area (Å²) in [6.07, 6.45) is 1.22. The van der Waals surface area contributed by atoms with Crippen LogP contribution in [0.15, 0.2) is 30.5 Å². The van der Waals surface area contributed by atoms with Crippen molar-refractivity contribution in [1.82, 2.24) is 4.98 Å². The van der Waals surface area contributed by atoms with Crippen molar-refractivity contribution in [3.05, 3.63) is 42.1 Å². The Bertz CT molecular complexity index is 781. The molecule has 1 aromatic heterocycles. The molecule has 1 aromatic carbocycles. The molecule has 0 amide bonds. The van der Waals surface area contributed by atoms with Crippen LogP contribution in [0.25, 0.3) is 10.9 Å². The Hall–Kier alpha value is -3.01. The molecule has 0 saturated heterocycles. The second-order valence-corrected chi connectivity index (χ2v) is 3.77. The number of nitrogens with two attached hydrogens (primary N) is 1. The Labute approximate surface area is 111 Å². The smallest absolute Gasteiger partial charge is 0.353 e. The molecule has 0 saturated carbocycles. The van der Waals surface area contributed by atoms with Gasteiger partial charge in [0.2, 0.25) is 0 Å². The molecule has 2 rings (SSSR count). The zero-order chi connectivity index (χ0) is 14.9. The van der Waals surface area contributed by atoms with E-state index in [4.69, 9.17) is 15.7 Å². The zero-order valence-corrected chi connectivity index (χ0v) is 9.98. The van der Waals surface area contributed by atoms with Crippen LogP contribution in [0.4, 0.5) is 14.5 Å². The number of carbonyl (C=O) groups is 1. The van der Waals surface area contributed by atoms with Crippen LogP contribution in [-0.4, -0.2) is 11.0 Å². The van der Waals surface area contributed by atoms with Crippen LogP contribution in [0.5, 0.6) is 5.75 Å². The summed E-state index contributed by atoms with van der Waals surface area (Å²) < 4.78 is 32.0. The first-order chi connectivity index (χ1) is 9.45. The van der Waals surface area contributed by atoms with Gasteiger partial charge in [-0.15, -0.1) is 0 Å². The van der Waals surface area contributed by atoms with Crippen molar-refractivity contribution in [3.8, 4) is 11.8 Å². The maximum absolute atomic E-state index is 13.8. The Balaban J connectivity index is 2.64. The van der Waals surface area contributed by atoms with Gasteiger partial charge in [0.15, 0.2) is 11.6 Å². The highest BCUT2D eigenvalue weighted by molar-refractivity contribution is 5.98. The summed E-state index contributed by atoms with van der Waals surface area (Å²) in [5, 5.41) is 8.15. The minimum Gasteiger partial charge on any atom is -0.422 e. The molecular formula is C13H7F2N3O2. The molecule has 20 heavy (non-hydrogen) atoms. The molecule has 0 atom stereocenters. The average Bonchev–Trinajstić information content (AvgIpc) is 2.43. The van der Waals surface area contributed by atoms with E-state index in [9.17, 15) is 13.6 Å². The molecule has 100 valence electrons. The molecule has 0 aliphatic rings. The van der Waals surface area contributed by atoms with E-state index >= 15 is 0 Å². The molecular weight excluding hydrogens is 268 g/mol. The minimum atomic E-state index is -1.24. The van der Waals surface area contributed by atoms with Crippen LogP contribution in [0.2, 0.25) is 0 Å². The Kier molecular flexibility index (Phi) is 3.31. The first kappa shape index (κ1) is 13.4. The van der Waals surface area contributed by atoms with Crippen LogP contribution in [-0.2, 0) is 4.79 Å². The molecule has 2 aromatic rings. The van der Waals surface area contributed by atoms with E-state index in [1.54, 1.807) is 0 Å². The van der Waals surface area contributed by atoms with Gasteiger partial charge in [-0.1, -0.05) is 6.58 Å². The SMILES string of the molecule is C=C(C#N)C(=O)Oc1ccnc2c(N)cc(F)c(F)c12. The highest BCUT2D eigenvalue weighted by Crippen LogP contribution is 2.32. The van der Waals surface area contributed by atoms with Gasteiger partial charge in [0.25, 0.3) is 0 Å². The summed E-state index contributed by atoms with van der Waals surface area (Å²) in [7, 11) is 0. The molecule has 0 aliphatic heterocycles. The van der Waals surface area contributed by atoms with Crippen molar-refractivity contribution >= 4 is 22.6 Å². The number of rotatable bonds is 2. The number of nitriles is 1. The second kappa shape index (κ2) is 4.93. The molecule has 2 N–H and O–H groups in total. The van der Waals surface area contributed by atoms with E-state index in [2.05, 4.69) is 11.6 Å². The van der Waals surface area contributed by atoms with E-state index in [1.807, 2.05) is 0 Å². The van der Waals surface area contributed by atoms with E-state index in [-0.39, 0.29) is 22.3 Å². The second-order valence-electron chi connectivity index (χ2n) is 3.77. The number of benzene rings is 1. The predicted octanol–water partition coefficient (Wildman–Crippen LogP) is 2.08. The summed E-state index contributed by atoms with van der Waals surface area (Å²) in [6.45, 7) is 3.16. The lowest BCUT2D eigenvalue weighted by Crippen LogP contribution is -2.10. The first-order valence-corrected chi connectivity index (χ1v) is 5.29. The number of carbonyl (C=O) groups excluding carboxylic acids is 1. The Morgan fingerprint density at radius 1 is 1.50 bits per heavy atom. The summed E-state index contributed by atoms with van der Waals surface area (Å²) in [5.41, 5.74) is 4.91. The number of nitrogen functional groups attached to an aromatic ring is 1. The molecule has 7 heteroatoms. The number of anilines is 1. The number of aromatic nitrogens is 1. The standard InChI is InChI=1S/C13H7F2N3O2/c1-6(5-16)13(19)20-9-2-3-18-12-8(17)4-7(14)11(15)10(9)12/h2-4H,1,17H2. The topological polar surface area (TPSA) is 89.0 Å². The number of hydrogen-bond acceptors (Lipinski definition) is 5. The van der Waals surface area contributed by atoms with E-state index in [0.717, 1.165) is 12.1 Å². The quantitative estimate of drug-likeness (QED) is 0.392. The Morgan fingerprint density at radius 3 is 2.85 bits per heavy atom. The third-order valence-electron chi connectivity index (χ3n) is 2.48. The van der Waals surface area contributed by atoms with Gasteiger partial charge in [0.05, 0.1) is 11.1 Å². The van der Waals surface area contributed by atoms with Crippen molar-refractivity contribution in [3.63, 3.8) is 0 Å². The summed E-state index contributed by atoms with van der Waals surface area (Å²) >= 11 is 0. The minimum absolute atomic E-state index is 0.0447. The summed E-state index contributed by atoms with van der Waals surface area (Å²) in [4.78, 5) is 15.3. The fourth-order valence-electron chi connectivity index (χ4n) is 1.55. The monoisotopic (exact) mass is 275 g/mol. The Morgan fingerprint density at radius 2 is 2.20 bits per heavy atom. The summed E-state index contributed by atoms with van der Waals surface area (Å²) in [6, 6.07) is 3.44. The van der Waals surface area contributed by atoms with Crippen molar-refractivity contribution in [1.29, 1.82) is 5.26 Å². The number of fused-ring (bicyclic) bond motifs is 1. The van der Waals surface area contributed by atoms with Crippen LogP contribution in [0.3, 0.4) is 0 Å². The molecule has 5 nitrogen and oxygen atoms in total. The lowest BCUT2D eigenvalue weighted by atomic mass is 10.1. The fourth-order valence-corrected chi connectivity index (χ4v) is 1.55. The number of halogens is 2. The number of hydrogen-bond donors (Lipinski definition) is 1. The van der Waals surface area contributed by atoms with Crippen LogP contribution >= 0.6 is 0 Å². The number of pyridine rings is 1. The highest BCUT2D eigenvalue weighted by Gasteiger charge is 2.19. The third-order valence-corrected chi connectivity index (χ3v) is 2.48. The molecule has 0 spiro atoms. The predicted molar refractivity (Wildman–Crippen MR) is 66.5 cm³/mol. The van der Waals surface area contributed by atoms with Gasteiger partial charge in [0.1, 0.15) is 22.9 Å². The normalized spacial score (nSPS) is 10.1. The zero-order valence-electron chi connectivity index (χ0n) is 9.98. The maximum Gasteiger partial charge on any atom is 0.353 e. The van der Waals surface area contributed by atoms with Crippen LogP contribution in [0.1, 0.15) is 0 Å².